The van der Waals surface area contributed by atoms with Crippen LogP contribution in [0.3, 0.4) is 0 Å². The van der Waals surface area contributed by atoms with Crippen LogP contribution in [0.15, 0.2) is 41.1 Å². The highest BCUT2D eigenvalue weighted by Gasteiger charge is 2.29. The van der Waals surface area contributed by atoms with E-state index in [0.29, 0.717) is 41.7 Å². The predicted molar refractivity (Wildman–Crippen MR) is 119 cm³/mol. The first-order valence-corrected chi connectivity index (χ1v) is 13.0. The molecule has 2 fully saturated rings. The minimum Gasteiger partial charge on any atom is -0.489 e. The Kier molecular flexibility index (Phi) is 8.67. The molecule has 0 unspecified atom stereocenters. The maximum atomic E-state index is 12.8. The quantitative estimate of drug-likeness (QED) is 0.531. The first-order valence-electron chi connectivity index (χ1n) is 11.4. The lowest BCUT2D eigenvalue weighted by atomic mass is 9.77. The Labute approximate surface area is 185 Å². The number of rotatable bonds is 11. The minimum absolute atomic E-state index is 0.0363. The van der Waals surface area contributed by atoms with Crippen molar-refractivity contribution in [3.63, 3.8) is 0 Å². The molecule has 2 N–H and O–H groups in total. The van der Waals surface area contributed by atoms with Crippen molar-refractivity contribution in [1.82, 2.24) is 0 Å². The first kappa shape index (κ1) is 23.9. The van der Waals surface area contributed by atoms with Crippen LogP contribution in [0.1, 0.15) is 57.8 Å². The molecule has 0 atom stereocenters. The largest absolute Gasteiger partial charge is 0.489 e. The molecule has 7 heteroatoms. The number of ketones is 1. The van der Waals surface area contributed by atoms with Gasteiger partial charge in [-0.3, -0.25) is 4.79 Å². The maximum absolute atomic E-state index is 12.8. The molecule has 0 spiro atoms. The molecule has 2 aliphatic rings. The average Bonchev–Trinajstić information content (AvgIpc) is 2.73. The van der Waals surface area contributed by atoms with Crippen molar-refractivity contribution in [2.45, 2.75) is 62.7 Å². The summed E-state index contributed by atoms with van der Waals surface area (Å²) in [5.74, 6) is 2.11. The standard InChI is InChI=1S/C24H34FNO4S/c25-14-20(15-26)16-30-22-9-11-23(12-10-22)31(28,29)17-19-6-4-18(5-7-19)8-13-24(27)21-2-1-3-21/h9-12,14,18-19,21H,1-8,13,15-17,26H2/b20-14+. The third-order valence-electron chi connectivity index (χ3n) is 6.80. The Morgan fingerprint density at radius 1 is 1.06 bits per heavy atom. The molecule has 0 aromatic heterocycles. The highest BCUT2D eigenvalue weighted by atomic mass is 32.2. The topological polar surface area (TPSA) is 86.5 Å². The number of carbonyl (C=O) groups is 1. The van der Waals surface area contributed by atoms with E-state index in [1.165, 1.54) is 6.42 Å². The van der Waals surface area contributed by atoms with Gasteiger partial charge in [0.05, 0.1) is 17.0 Å². The summed E-state index contributed by atoms with van der Waals surface area (Å²) in [4.78, 5) is 12.4. The number of hydrogen-bond acceptors (Lipinski definition) is 5. The van der Waals surface area contributed by atoms with Gasteiger partial charge >= 0.3 is 0 Å². The monoisotopic (exact) mass is 451 g/mol. The van der Waals surface area contributed by atoms with Gasteiger partial charge in [0.25, 0.3) is 0 Å². The van der Waals surface area contributed by atoms with Crippen LogP contribution >= 0.6 is 0 Å². The Hall–Kier alpha value is -1.73. The van der Waals surface area contributed by atoms with E-state index in [1.54, 1.807) is 24.3 Å². The van der Waals surface area contributed by atoms with Gasteiger partial charge in [-0.1, -0.05) is 19.3 Å². The molecule has 1 aromatic carbocycles. The average molecular weight is 452 g/mol. The van der Waals surface area contributed by atoms with Gasteiger partial charge in [-0.25, -0.2) is 12.8 Å². The molecule has 0 saturated heterocycles. The fourth-order valence-electron chi connectivity index (χ4n) is 4.43. The number of carbonyl (C=O) groups excluding carboxylic acids is 1. The molecule has 0 bridgehead atoms. The Morgan fingerprint density at radius 2 is 1.71 bits per heavy atom. The van der Waals surface area contributed by atoms with Crippen LogP contribution in [0.25, 0.3) is 0 Å². The van der Waals surface area contributed by atoms with Gasteiger partial charge < -0.3 is 10.5 Å². The van der Waals surface area contributed by atoms with Crippen molar-refractivity contribution in [3.8, 4) is 5.75 Å². The van der Waals surface area contributed by atoms with Crippen molar-refractivity contribution in [3.05, 3.63) is 36.2 Å². The third-order valence-corrected chi connectivity index (χ3v) is 8.71. The van der Waals surface area contributed by atoms with Gasteiger partial charge in [0.1, 0.15) is 18.1 Å². The number of sulfone groups is 1. The van der Waals surface area contributed by atoms with Crippen LogP contribution in [0.2, 0.25) is 0 Å². The van der Waals surface area contributed by atoms with Crippen molar-refractivity contribution < 1.29 is 22.3 Å². The Balaban J connectivity index is 1.43. The van der Waals surface area contributed by atoms with E-state index in [0.717, 1.165) is 44.9 Å². The Bertz CT molecular complexity index is 854. The van der Waals surface area contributed by atoms with Gasteiger partial charge in [0.15, 0.2) is 9.84 Å². The summed E-state index contributed by atoms with van der Waals surface area (Å²) in [6.07, 6.45) is 9.24. The number of ether oxygens (including phenoxy) is 1. The van der Waals surface area contributed by atoms with Crippen LogP contribution in [0, 0.1) is 17.8 Å². The summed E-state index contributed by atoms with van der Waals surface area (Å²) in [5.41, 5.74) is 5.73. The fraction of sp³-hybridized carbons (Fsp3) is 0.625. The van der Waals surface area contributed by atoms with Gasteiger partial charge in [-0.05, 0) is 68.2 Å². The summed E-state index contributed by atoms with van der Waals surface area (Å²) in [6, 6.07) is 6.28. The second-order valence-corrected chi connectivity index (χ2v) is 11.1. The summed E-state index contributed by atoms with van der Waals surface area (Å²) in [7, 11) is -3.37. The zero-order valence-corrected chi connectivity index (χ0v) is 18.9. The van der Waals surface area contributed by atoms with Crippen LogP contribution in [0.5, 0.6) is 5.75 Å². The molecule has 1 aromatic rings. The molecule has 2 aliphatic carbocycles. The summed E-state index contributed by atoms with van der Waals surface area (Å²) in [6.45, 7) is 0.108. The highest BCUT2D eigenvalue weighted by Crippen LogP contribution is 2.35. The zero-order chi connectivity index (χ0) is 22.3. The molecule has 0 aliphatic heterocycles. The molecule has 2 saturated carbocycles. The van der Waals surface area contributed by atoms with E-state index in [4.69, 9.17) is 10.5 Å². The molecule has 0 amide bonds. The normalized spacial score (nSPS) is 22.7. The lowest BCUT2D eigenvalue weighted by molar-refractivity contribution is -0.125. The van der Waals surface area contributed by atoms with Gasteiger partial charge in [-0.15, -0.1) is 0 Å². The number of hydrogen-bond donors (Lipinski definition) is 1. The van der Waals surface area contributed by atoms with Crippen LogP contribution in [-0.4, -0.2) is 33.1 Å². The van der Waals surface area contributed by atoms with Crippen LogP contribution in [0.4, 0.5) is 4.39 Å². The molecule has 31 heavy (non-hydrogen) atoms. The molecular weight excluding hydrogens is 417 g/mol. The van der Waals surface area contributed by atoms with E-state index in [2.05, 4.69) is 0 Å². The van der Waals surface area contributed by atoms with Crippen LogP contribution < -0.4 is 10.5 Å². The molecule has 0 heterocycles. The van der Waals surface area contributed by atoms with Gasteiger partial charge in [0.2, 0.25) is 0 Å². The SMILES string of the molecule is NC/C(=C\F)COc1ccc(S(=O)(=O)CC2CCC(CCC(=O)C3CCC3)CC2)cc1. The molecule has 3 rings (SSSR count). The molecule has 172 valence electrons. The number of Topliss-reactive ketones (excluding diaryl/α,β-unsaturated/α-hetero) is 1. The maximum Gasteiger partial charge on any atom is 0.178 e. The Morgan fingerprint density at radius 3 is 2.26 bits per heavy atom. The van der Waals surface area contributed by atoms with E-state index in [1.807, 2.05) is 0 Å². The van der Waals surface area contributed by atoms with Crippen molar-refractivity contribution in [1.29, 1.82) is 0 Å². The van der Waals surface area contributed by atoms with E-state index in [-0.39, 0.29) is 29.7 Å². The predicted octanol–water partition coefficient (Wildman–Crippen LogP) is 4.61. The van der Waals surface area contributed by atoms with Gasteiger partial charge in [0, 0.05) is 24.5 Å². The fourth-order valence-corrected chi connectivity index (χ4v) is 6.13. The van der Waals surface area contributed by atoms with Gasteiger partial charge in [-0.2, -0.15) is 0 Å². The van der Waals surface area contributed by atoms with E-state index in [9.17, 15) is 17.6 Å². The van der Waals surface area contributed by atoms with Crippen molar-refractivity contribution in [2.75, 3.05) is 18.9 Å². The smallest absolute Gasteiger partial charge is 0.178 e. The zero-order valence-electron chi connectivity index (χ0n) is 18.1. The first-order chi connectivity index (χ1) is 14.9. The molecular formula is C24H34FNO4S. The van der Waals surface area contributed by atoms with Crippen molar-refractivity contribution >= 4 is 15.6 Å². The molecule has 0 radical (unpaired) electrons. The van der Waals surface area contributed by atoms with Crippen molar-refractivity contribution in [2.24, 2.45) is 23.5 Å². The number of nitrogens with two attached hydrogens (primary N) is 1. The lowest BCUT2D eigenvalue weighted by Gasteiger charge is -2.29. The third kappa shape index (κ3) is 6.88. The second kappa shape index (κ2) is 11.2. The lowest BCUT2D eigenvalue weighted by Crippen LogP contribution is -2.24. The molecule has 5 nitrogen and oxygen atoms in total. The summed E-state index contributed by atoms with van der Waals surface area (Å²) >= 11 is 0. The second-order valence-electron chi connectivity index (χ2n) is 9.03. The van der Waals surface area contributed by atoms with E-state index >= 15 is 0 Å². The van der Waals surface area contributed by atoms with E-state index < -0.39 is 9.84 Å². The number of halogens is 1. The summed E-state index contributed by atoms with van der Waals surface area (Å²) < 4.78 is 43.6. The summed E-state index contributed by atoms with van der Waals surface area (Å²) in [5, 5.41) is 0. The minimum atomic E-state index is -3.37. The highest BCUT2D eigenvalue weighted by molar-refractivity contribution is 7.91. The number of benzene rings is 1. The van der Waals surface area contributed by atoms with Crippen LogP contribution in [-0.2, 0) is 14.6 Å².